The monoisotopic (exact) mass is 469 g/mol. The highest BCUT2D eigenvalue weighted by Gasteiger charge is 2.27. The number of hydrogen-bond acceptors (Lipinski definition) is 8. The summed E-state index contributed by atoms with van der Waals surface area (Å²) in [5.41, 5.74) is 1.19. The first-order valence-electron chi connectivity index (χ1n) is 10.7. The zero-order chi connectivity index (χ0) is 24.4. The molecule has 1 aromatic heterocycles. The average Bonchev–Trinajstić information content (AvgIpc) is 3.12. The Kier molecular flexibility index (Phi) is 9.83. The van der Waals surface area contributed by atoms with Crippen LogP contribution in [0.3, 0.4) is 0 Å². The second-order valence-corrected chi connectivity index (χ2v) is 8.09. The van der Waals surface area contributed by atoms with Gasteiger partial charge in [0.25, 0.3) is 0 Å². The average molecular weight is 470 g/mol. The number of nitriles is 1. The third kappa shape index (κ3) is 6.77. The van der Waals surface area contributed by atoms with Crippen molar-refractivity contribution in [1.82, 2.24) is 0 Å². The number of carbonyl (C=O) groups is 3. The number of thiophene rings is 1. The molecule has 8 heteroatoms. The van der Waals surface area contributed by atoms with Crippen molar-refractivity contribution in [1.29, 1.82) is 5.26 Å². The Hall–Kier alpha value is -3.44. The van der Waals surface area contributed by atoms with Crippen molar-refractivity contribution in [2.75, 3.05) is 19.8 Å². The lowest BCUT2D eigenvalue weighted by Crippen LogP contribution is -2.12. The summed E-state index contributed by atoms with van der Waals surface area (Å²) in [5.74, 6) is -0.940. The van der Waals surface area contributed by atoms with E-state index in [1.807, 2.05) is 13.0 Å². The van der Waals surface area contributed by atoms with Crippen molar-refractivity contribution in [2.24, 2.45) is 0 Å². The van der Waals surface area contributed by atoms with E-state index in [0.29, 0.717) is 28.4 Å². The Morgan fingerprint density at radius 2 is 1.67 bits per heavy atom. The van der Waals surface area contributed by atoms with E-state index in [-0.39, 0.29) is 35.6 Å². The number of Topliss-reactive ketones (excluding diaryl/α,β-unsaturated/α-hetero) is 1. The highest BCUT2D eigenvalue weighted by Crippen LogP contribution is 2.31. The van der Waals surface area contributed by atoms with E-state index in [9.17, 15) is 19.6 Å². The van der Waals surface area contributed by atoms with Gasteiger partial charge < -0.3 is 14.2 Å². The van der Waals surface area contributed by atoms with E-state index in [2.05, 4.69) is 0 Å². The number of benzene rings is 1. The first-order chi connectivity index (χ1) is 15.9. The molecule has 2 aromatic rings. The molecule has 0 aliphatic heterocycles. The second kappa shape index (κ2) is 12.6. The highest BCUT2D eigenvalue weighted by molar-refractivity contribution is 7.14. The molecule has 33 heavy (non-hydrogen) atoms. The summed E-state index contributed by atoms with van der Waals surface area (Å²) in [4.78, 5) is 38.4. The topological polar surface area (TPSA) is 103 Å². The number of ketones is 1. The molecule has 0 radical (unpaired) electrons. The zero-order valence-corrected chi connectivity index (χ0v) is 20.0. The molecule has 0 saturated carbocycles. The van der Waals surface area contributed by atoms with Gasteiger partial charge >= 0.3 is 11.9 Å². The van der Waals surface area contributed by atoms with Crippen LogP contribution in [-0.2, 0) is 20.7 Å². The molecule has 0 N–H and O–H groups in total. The molecule has 0 fully saturated rings. The standard InChI is InChI=1S/C25H27NO6S/c1-5-12-32-19-10-8-17(9-11-19)13-18(15-26)20(27)14-21-22(24(28)30-6-2)16(4)23(33-21)25(29)31-7-3/h8-11,13H,5-7,12,14H2,1-4H3/b18-13-. The van der Waals surface area contributed by atoms with Gasteiger partial charge in [0.05, 0.1) is 31.0 Å². The van der Waals surface area contributed by atoms with Crippen molar-refractivity contribution < 1.29 is 28.6 Å². The third-order valence-electron chi connectivity index (χ3n) is 4.57. The molecule has 2 rings (SSSR count). The van der Waals surface area contributed by atoms with Crippen LogP contribution >= 0.6 is 11.3 Å². The lowest BCUT2D eigenvalue weighted by molar-refractivity contribution is -0.114. The van der Waals surface area contributed by atoms with Crippen LogP contribution in [-0.4, -0.2) is 37.5 Å². The molecule has 0 atom stereocenters. The Balaban J connectivity index is 2.33. The molecule has 0 saturated heterocycles. The second-order valence-electron chi connectivity index (χ2n) is 6.98. The molecule has 1 heterocycles. The van der Waals surface area contributed by atoms with E-state index in [1.54, 1.807) is 45.0 Å². The van der Waals surface area contributed by atoms with Gasteiger partial charge in [-0.25, -0.2) is 9.59 Å². The van der Waals surface area contributed by atoms with Gasteiger partial charge in [-0.1, -0.05) is 19.1 Å². The summed E-state index contributed by atoms with van der Waals surface area (Å²) in [6, 6.07) is 8.99. The van der Waals surface area contributed by atoms with Crippen molar-refractivity contribution in [3.05, 3.63) is 56.3 Å². The maximum absolute atomic E-state index is 12.9. The molecule has 0 bridgehead atoms. The minimum absolute atomic E-state index is 0.0595. The fourth-order valence-corrected chi connectivity index (χ4v) is 4.21. The fourth-order valence-electron chi connectivity index (χ4n) is 3.02. The summed E-state index contributed by atoms with van der Waals surface area (Å²) in [6.07, 6.45) is 2.17. The number of ether oxygens (including phenoxy) is 3. The predicted molar refractivity (Wildman–Crippen MR) is 125 cm³/mol. The van der Waals surface area contributed by atoms with Crippen LogP contribution in [0.25, 0.3) is 6.08 Å². The molecule has 7 nitrogen and oxygen atoms in total. The van der Waals surface area contributed by atoms with Gasteiger partial charge in [0, 0.05) is 11.3 Å². The lowest BCUT2D eigenvalue weighted by Gasteiger charge is -2.06. The Labute approximate surface area is 197 Å². The first kappa shape index (κ1) is 25.8. The number of carbonyl (C=O) groups excluding carboxylic acids is 3. The Morgan fingerprint density at radius 1 is 1.03 bits per heavy atom. The van der Waals surface area contributed by atoms with E-state index < -0.39 is 17.7 Å². The van der Waals surface area contributed by atoms with Gasteiger partial charge in [0.1, 0.15) is 16.7 Å². The van der Waals surface area contributed by atoms with E-state index in [4.69, 9.17) is 14.2 Å². The van der Waals surface area contributed by atoms with E-state index >= 15 is 0 Å². The smallest absolute Gasteiger partial charge is 0.348 e. The van der Waals surface area contributed by atoms with Crippen LogP contribution in [0.2, 0.25) is 0 Å². The number of nitrogens with zero attached hydrogens (tertiary/aromatic N) is 1. The molecular formula is C25H27NO6S. The molecule has 0 amide bonds. The summed E-state index contributed by atoms with van der Waals surface area (Å²) in [7, 11) is 0. The van der Waals surface area contributed by atoms with Crippen molar-refractivity contribution in [3.8, 4) is 11.8 Å². The molecule has 1 aromatic carbocycles. The van der Waals surface area contributed by atoms with Crippen LogP contribution < -0.4 is 4.74 Å². The molecule has 0 spiro atoms. The fraction of sp³-hybridized carbons (Fsp3) is 0.360. The molecule has 0 unspecified atom stereocenters. The SMILES string of the molecule is CCCOc1ccc(/C=C(/C#N)C(=O)Cc2sc(C(=O)OCC)c(C)c2C(=O)OCC)cc1. The largest absolute Gasteiger partial charge is 0.494 e. The van der Waals surface area contributed by atoms with Crippen LogP contribution in [0.15, 0.2) is 29.8 Å². The summed E-state index contributed by atoms with van der Waals surface area (Å²) < 4.78 is 15.7. The Morgan fingerprint density at radius 3 is 2.24 bits per heavy atom. The highest BCUT2D eigenvalue weighted by atomic mass is 32.1. The lowest BCUT2D eigenvalue weighted by atomic mass is 10.0. The molecular weight excluding hydrogens is 442 g/mol. The van der Waals surface area contributed by atoms with Gasteiger partial charge in [-0.2, -0.15) is 5.26 Å². The van der Waals surface area contributed by atoms with Crippen LogP contribution in [0, 0.1) is 18.3 Å². The minimum Gasteiger partial charge on any atom is -0.494 e. The van der Waals surface area contributed by atoms with E-state index in [1.165, 1.54) is 6.08 Å². The predicted octanol–water partition coefficient (Wildman–Crippen LogP) is 4.92. The maximum atomic E-state index is 12.9. The minimum atomic E-state index is -0.616. The maximum Gasteiger partial charge on any atom is 0.348 e. The van der Waals surface area contributed by atoms with Gasteiger partial charge in [-0.3, -0.25) is 4.79 Å². The van der Waals surface area contributed by atoms with Gasteiger partial charge in [0.2, 0.25) is 0 Å². The molecule has 0 aliphatic rings. The normalized spacial score (nSPS) is 10.9. The van der Waals surface area contributed by atoms with Crippen LogP contribution in [0.5, 0.6) is 5.75 Å². The van der Waals surface area contributed by atoms with Crippen molar-refractivity contribution >= 4 is 35.1 Å². The third-order valence-corrected chi connectivity index (χ3v) is 5.84. The number of esters is 2. The van der Waals surface area contributed by atoms with Gasteiger partial charge in [-0.05, 0) is 56.5 Å². The zero-order valence-electron chi connectivity index (χ0n) is 19.2. The van der Waals surface area contributed by atoms with Crippen LogP contribution in [0.1, 0.15) is 63.2 Å². The Bertz CT molecular complexity index is 1080. The number of hydrogen-bond donors (Lipinski definition) is 0. The first-order valence-corrected chi connectivity index (χ1v) is 11.5. The number of allylic oxidation sites excluding steroid dienone is 1. The van der Waals surface area contributed by atoms with Crippen LogP contribution in [0.4, 0.5) is 0 Å². The number of rotatable bonds is 11. The van der Waals surface area contributed by atoms with Gasteiger partial charge in [-0.15, -0.1) is 11.3 Å². The van der Waals surface area contributed by atoms with Crippen molar-refractivity contribution in [2.45, 2.75) is 40.5 Å². The summed E-state index contributed by atoms with van der Waals surface area (Å²) in [5, 5.41) is 9.56. The summed E-state index contributed by atoms with van der Waals surface area (Å²) >= 11 is 1.01. The molecule has 0 aliphatic carbocycles. The van der Waals surface area contributed by atoms with Crippen molar-refractivity contribution in [3.63, 3.8) is 0 Å². The summed E-state index contributed by atoms with van der Waals surface area (Å²) in [6.45, 7) is 7.93. The quantitative estimate of drug-likeness (QED) is 0.261. The van der Waals surface area contributed by atoms with Gasteiger partial charge in [0.15, 0.2) is 5.78 Å². The molecule has 174 valence electrons. The van der Waals surface area contributed by atoms with E-state index in [0.717, 1.165) is 17.8 Å².